The van der Waals surface area contributed by atoms with Gasteiger partial charge in [0.05, 0.1) is 36.4 Å². The number of benzene rings is 2. The lowest BCUT2D eigenvalue weighted by Crippen LogP contribution is -2.36. The molecule has 3 heterocycles. The number of ether oxygens (including phenoxy) is 1. The standard InChI is InChI=1S/C21H20FN5O2/c22-16-6-2-1-5-15(16)21-25-24-20(29-21)14-27-18-8-4-3-7-17(18)23-19(27)13-26-9-11-28-12-10-26/h1-8H,9-14H2. The van der Waals surface area contributed by atoms with Gasteiger partial charge in [0.25, 0.3) is 5.89 Å². The number of fused-ring (bicyclic) bond motifs is 1. The Morgan fingerprint density at radius 2 is 1.72 bits per heavy atom. The number of hydrogen-bond acceptors (Lipinski definition) is 6. The fourth-order valence-electron chi connectivity index (χ4n) is 3.58. The zero-order valence-electron chi connectivity index (χ0n) is 15.8. The summed E-state index contributed by atoms with van der Waals surface area (Å²) in [4.78, 5) is 7.13. The molecule has 1 aliphatic heterocycles. The molecular formula is C21H20FN5O2. The first kappa shape index (κ1) is 18.0. The number of para-hydroxylation sites is 2. The van der Waals surface area contributed by atoms with Gasteiger partial charge in [-0.05, 0) is 24.3 Å². The fourth-order valence-corrected chi connectivity index (χ4v) is 3.58. The molecule has 148 valence electrons. The number of aromatic nitrogens is 4. The van der Waals surface area contributed by atoms with Crippen LogP contribution in [0.4, 0.5) is 4.39 Å². The average molecular weight is 393 g/mol. The lowest BCUT2D eigenvalue weighted by molar-refractivity contribution is 0.0327. The Labute approximate surface area is 166 Å². The normalized spacial score (nSPS) is 15.2. The van der Waals surface area contributed by atoms with E-state index >= 15 is 0 Å². The van der Waals surface area contributed by atoms with Crippen molar-refractivity contribution in [2.24, 2.45) is 0 Å². The summed E-state index contributed by atoms with van der Waals surface area (Å²) in [6.07, 6.45) is 0. The second-order valence-corrected chi connectivity index (χ2v) is 6.97. The van der Waals surface area contributed by atoms with Gasteiger partial charge in [-0.2, -0.15) is 0 Å². The van der Waals surface area contributed by atoms with Crippen molar-refractivity contribution in [3.63, 3.8) is 0 Å². The summed E-state index contributed by atoms with van der Waals surface area (Å²) in [5, 5.41) is 8.17. The molecule has 0 radical (unpaired) electrons. The Bertz CT molecular complexity index is 1130. The molecule has 0 N–H and O–H groups in total. The predicted octanol–water partition coefficient (Wildman–Crippen LogP) is 3.11. The Kier molecular flexibility index (Phi) is 4.79. The van der Waals surface area contributed by atoms with Crippen molar-refractivity contribution in [2.45, 2.75) is 13.1 Å². The highest BCUT2D eigenvalue weighted by molar-refractivity contribution is 5.76. The quantitative estimate of drug-likeness (QED) is 0.519. The highest BCUT2D eigenvalue weighted by atomic mass is 19.1. The molecule has 7 nitrogen and oxygen atoms in total. The molecule has 0 spiro atoms. The van der Waals surface area contributed by atoms with Crippen LogP contribution in [0.1, 0.15) is 11.7 Å². The van der Waals surface area contributed by atoms with E-state index in [1.54, 1.807) is 18.2 Å². The van der Waals surface area contributed by atoms with E-state index in [0.717, 1.165) is 43.2 Å². The van der Waals surface area contributed by atoms with E-state index in [4.69, 9.17) is 14.1 Å². The highest BCUT2D eigenvalue weighted by Gasteiger charge is 2.19. The van der Waals surface area contributed by atoms with Crippen LogP contribution in [0.25, 0.3) is 22.5 Å². The van der Waals surface area contributed by atoms with Crippen molar-refractivity contribution in [2.75, 3.05) is 26.3 Å². The van der Waals surface area contributed by atoms with Crippen molar-refractivity contribution in [1.29, 1.82) is 0 Å². The van der Waals surface area contributed by atoms with Gasteiger partial charge in [0.15, 0.2) is 0 Å². The summed E-state index contributed by atoms with van der Waals surface area (Å²) in [6, 6.07) is 14.4. The van der Waals surface area contributed by atoms with Crippen LogP contribution in [0.2, 0.25) is 0 Å². The second-order valence-electron chi connectivity index (χ2n) is 6.97. The predicted molar refractivity (Wildman–Crippen MR) is 105 cm³/mol. The van der Waals surface area contributed by atoms with E-state index < -0.39 is 0 Å². The maximum Gasteiger partial charge on any atom is 0.250 e. The van der Waals surface area contributed by atoms with Crippen molar-refractivity contribution in [1.82, 2.24) is 24.6 Å². The highest BCUT2D eigenvalue weighted by Crippen LogP contribution is 2.23. The number of morpholine rings is 1. The first-order valence-corrected chi connectivity index (χ1v) is 9.59. The Morgan fingerprint density at radius 1 is 0.931 bits per heavy atom. The minimum atomic E-state index is -0.385. The Balaban J connectivity index is 1.47. The average Bonchev–Trinajstić information content (AvgIpc) is 3.35. The van der Waals surface area contributed by atoms with Gasteiger partial charge in [-0.25, -0.2) is 9.37 Å². The van der Waals surface area contributed by atoms with Gasteiger partial charge in [0, 0.05) is 13.1 Å². The number of nitrogens with zero attached hydrogens (tertiary/aromatic N) is 5. The van der Waals surface area contributed by atoms with Crippen LogP contribution < -0.4 is 0 Å². The Morgan fingerprint density at radius 3 is 2.59 bits per heavy atom. The largest absolute Gasteiger partial charge is 0.419 e. The zero-order chi connectivity index (χ0) is 19.6. The molecule has 4 aromatic rings. The van der Waals surface area contributed by atoms with Gasteiger partial charge < -0.3 is 13.7 Å². The molecule has 1 fully saturated rings. The first-order chi connectivity index (χ1) is 14.3. The topological polar surface area (TPSA) is 69.2 Å². The number of imidazole rings is 1. The maximum atomic E-state index is 14.0. The number of halogens is 1. The summed E-state index contributed by atoms with van der Waals surface area (Å²) >= 11 is 0. The summed E-state index contributed by atoms with van der Waals surface area (Å²) in [7, 11) is 0. The van der Waals surface area contributed by atoms with E-state index in [0.29, 0.717) is 24.5 Å². The third-order valence-electron chi connectivity index (χ3n) is 5.07. The molecule has 0 aliphatic carbocycles. The van der Waals surface area contributed by atoms with Crippen LogP contribution in [-0.2, 0) is 17.8 Å². The summed E-state index contributed by atoms with van der Waals surface area (Å²) in [6.45, 7) is 4.31. The van der Waals surface area contributed by atoms with Crippen LogP contribution in [0.5, 0.6) is 0 Å². The van der Waals surface area contributed by atoms with Crippen LogP contribution in [0, 0.1) is 5.82 Å². The monoisotopic (exact) mass is 393 g/mol. The molecule has 5 rings (SSSR count). The first-order valence-electron chi connectivity index (χ1n) is 9.59. The molecule has 2 aromatic heterocycles. The molecular weight excluding hydrogens is 373 g/mol. The van der Waals surface area contributed by atoms with Crippen LogP contribution in [-0.4, -0.2) is 51.0 Å². The van der Waals surface area contributed by atoms with Crippen molar-refractivity contribution < 1.29 is 13.5 Å². The van der Waals surface area contributed by atoms with Gasteiger partial charge >= 0.3 is 0 Å². The van der Waals surface area contributed by atoms with E-state index in [2.05, 4.69) is 19.7 Å². The van der Waals surface area contributed by atoms with E-state index in [-0.39, 0.29) is 11.7 Å². The molecule has 0 amide bonds. The van der Waals surface area contributed by atoms with Crippen molar-refractivity contribution >= 4 is 11.0 Å². The summed E-state index contributed by atoms with van der Waals surface area (Å²) < 4.78 is 27.3. The van der Waals surface area contributed by atoms with E-state index in [1.807, 2.05) is 24.3 Å². The van der Waals surface area contributed by atoms with E-state index in [1.165, 1.54) is 6.07 Å². The molecule has 0 bridgehead atoms. The molecule has 0 atom stereocenters. The van der Waals surface area contributed by atoms with Crippen LogP contribution >= 0.6 is 0 Å². The number of hydrogen-bond donors (Lipinski definition) is 0. The molecule has 29 heavy (non-hydrogen) atoms. The summed E-state index contributed by atoms with van der Waals surface area (Å²) in [5.74, 6) is 1.13. The third-order valence-corrected chi connectivity index (χ3v) is 5.07. The van der Waals surface area contributed by atoms with Crippen LogP contribution in [0.3, 0.4) is 0 Å². The fraction of sp³-hybridized carbons (Fsp3) is 0.286. The minimum Gasteiger partial charge on any atom is -0.419 e. The van der Waals surface area contributed by atoms with Gasteiger partial charge in [0.2, 0.25) is 5.89 Å². The van der Waals surface area contributed by atoms with Crippen molar-refractivity contribution in [3.8, 4) is 11.5 Å². The maximum absolute atomic E-state index is 14.0. The minimum absolute atomic E-state index is 0.178. The SMILES string of the molecule is Fc1ccccc1-c1nnc(Cn2c(CN3CCOCC3)nc3ccccc32)o1. The van der Waals surface area contributed by atoms with Gasteiger partial charge in [-0.15, -0.1) is 10.2 Å². The van der Waals surface area contributed by atoms with Gasteiger partial charge in [-0.1, -0.05) is 24.3 Å². The molecule has 0 saturated carbocycles. The zero-order valence-corrected chi connectivity index (χ0v) is 15.8. The lowest BCUT2D eigenvalue weighted by Gasteiger charge is -2.26. The van der Waals surface area contributed by atoms with Crippen molar-refractivity contribution in [3.05, 3.63) is 66.1 Å². The van der Waals surface area contributed by atoms with Gasteiger partial charge in [0.1, 0.15) is 18.2 Å². The summed E-state index contributed by atoms with van der Waals surface area (Å²) in [5.41, 5.74) is 2.22. The van der Waals surface area contributed by atoms with Crippen LogP contribution in [0.15, 0.2) is 52.9 Å². The lowest BCUT2D eigenvalue weighted by atomic mass is 10.2. The third kappa shape index (κ3) is 3.64. The number of rotatable bonds is 5. The molecule has 2 aromatic carbocycles. The van der Waals surface area contributed by atoms with Gasteiger partial charge in [-0.3, -0.25) is 4.90 Å². The van der Waals surface area contributed by atoms with E-state index in [9.17, 15) is 4.39 Å². The second kappa shape index (κ2) is 7.73. The molecule has 1 saturated heterocycles. The smallest absolute Gasteiger partial charge is 0.250 e. The molecule has 8 heteroatoms. The molecule has 1 aliphatic rings. The Hall–Kier alpha value is -3.10. The molecule has 0 unspecified atom stereocenters.